The van der Waals surface area contributed by atoms with Gasteiger partial charge >= 0.3 is 5.97 Å². The van der Waals surface area contributed by atoms with Crippen LogP contribution in [0.4, 0.5) is 0 Å². The largest absolute Gasteiger partial charge is 0.460 e. The Kier molecular flexibility index (Phi) is 6.50. The Bertz CT molecular complexity index is 633. The van der Waals surface area contributed by atoms with Crippen molar-refractivity contribution in [1.82, 2.24) is 0 Å². The molecule has 166 valence electrons. The number of esters is 1. The normalized spacial score (nSPS) is 38.6. The molecule has 3 aliphatic rings. The lowest BCUT2D eigenvalue weighted by Gasteiger charge is -2.42. The van der Waals surface area contributed by atoms with Crippen molar-refractivity contribution in [3.05, 3.63) is 11.6 Å². The van der Waals surface area contributed by atoms with Crippen LogP contribution in [0.25, 0.3) is 0 Å². The third-order valence-electron chi connectivity index (χ3n) is 7.00. The number of hydrogen-bond donors (Lipinski definition) is 0. The molecule has 1 saturated carbocycles. The van der Waals surface area contributed by atoms with E-state index in [1.165, 1.54) is 5.57 Å². The van der Waals surface area contributed by atoms with Gasteiger partial charge in [-0.1, -0.05) is 11.6 Å². The van der Waals surface area contributed by atoms with Gasteiger partial charge in [-0.15, -0.1) is 0 Å². The van der Waals surface area contributed by atoms with Crippen molar-refractivity contribution in [2.75, 3.05) is 20.8 Å². The summed E-state index contributed by atoms with van der Waals surface area (Å²) >= 11 is 0. The predicted molar refractivity (Wildman–Crippen MR) is 110 cm³/mol. The molecule has 6 nitrogen and oxygen atoms in total. The highest BCUT2D eigenvalue weighted by Crippen LogP contribution is 2.59. The predicted octanol–water partition coefficient (Wildman–Crippen LogP) is 3.81. The second-order valence-corrected chi connectivity index (χ2v) is 9.87. The molecule has 0 aromatic carbocycles. The highest BCUT2D eigenvalue weighted by Gasteiger charge is 2.72. The van der Waals surface area contributed by atoms with Gasteiger partial charge in [0.2, 0.25) is 0 Å². The Morgan fingerprint density at radius 1 is 1.28 bits per heavy atom. The second kappa shape index (κ2) is 8.29. The number of hydrogen-bond acceptors (Lipinski definition) is 6. The fraction of sp³-hybridized carbons (Fsp3) is 0.870. The summed E-state index contributed by atoms with van der Waals surface area (Å²) in [6.07, 6.45) is 5.32. The van der Waals surface area contributed by atoms with Crippen molar-refractivity contribution < 1.29 is 28.5 Å². The summed E-state index contributed by atoms with van der Waals surface area (Å²) in [5, 5.41) is 0. The molecular formula is C23H38O6. The number of carbonyl (C=O) groups excluding carboxylic acids is 1. The van der Waals surface area contributed by atoms with Gasteiger partial charge in [0.05, 0.1) is 24.2 Å². The van der Waals surface area contributed by atoms with E-state index in [9.17, 15) is 4.79 Å². The number of carbonyl (C=O) groups is 1. The van der Waals surface area contributed by atoms with Crippen molar-refractivity contribution in [3.8, 4) is 0 Å². The lowest BCUT2D eigenvalue weighted by atomic mass is 9.68. The zero-order valence-electron chi connectivity index (χ0n) is 19.1. The molecule has 2 aliphatic heterocycles. The third kappa shape index (κ3) is 4.87. The smallest absolute Gasteiger partial charge is 0.306 e. The first kappa shape index (κ1) is 22.7. The molecule has 3 rings (SSSR count). The minimum absolute atomic E-state index is 0.0533. The van der Waals surface area contributed by atoms with Gasteiger partial charge in [-0.25, -0.2) is 0 Å². The van der Waals surface area contributed by atoms with E-state index in [4.69, 9.17) is 23.7 Å². The first-order valence-electron chi connectivity index (χ1n) is 10.8. The Hall–Kier alpha value is -0.950. The van der Waals surface area contributed by atoms with Crippen LogP contribution in [0.3, 0.4) is 0 Å². The first-order chi connectivity index (χ1) is 13.6. The summed E-state index contributed by atoms with van der Waals surface area (Å²) in [5.41, 5.74) is 0.439. The fourth-order valence-corrected chi connectivity index (χ4v) is 4.80. The van der Waals surface area contributed by atoms with Gasteiger partial charge in [-0.3, -0.25) is 4.79 Å². The van der Waals surface area contributed by atoms with Crippen LogP contribution in [-0.4, -0.2) is 61.9 Å². The van der Waals surface area contributed by atoms with Gasteiger partial charge < -0.3 is 23.7 Å². The molecule has 0 aromatic heterocycles. The van der Waals surface area contributed by atoms with Crippen LogP contribution in [0.2, 0.25) is 0 Å². The standard InChI is InChI=1S/C23H38O6/c1-15(2)8-9-17-22(5,29-17)20-19(25-6)16(10-13-23(20)14-27-23)28-18(24)11-12-21(3,4)26-7/h8,16-17,19-20H,9-14H2,1-7H3/t16-,17-,19?,20-,22+,23?/m1/s1. The van der Waals surface area contributed by atoms with Gasteiger partial charge in [0.15, 0.2) is 0 Å². The van der Waals surface area contributed by atoms with Crippen LogP contribution in [0.15, 0.2) is 11.6 Å². The molecule has 6 heteroatoms. The van der Waals surface area contributed by atoms with E-state index in [-0.39, 0.29) is 47.0 Å². The summed E-state index contributed by atoms with van der Waals surface area (Å²) in [6, 6.07) is 0. The monoisotopic (exact) mass is 410 g/mol. The summed E-state index contributed by atoms with van der Waals surface area (Å²) in [5.74, 6) is -0.144. The van der Waals surface area contributed by atoms with Gasteiger partial charge in [0.25, 0.3) is 0 Å². The minimum Gasteiger partial charge on any atom is -0.460 e. The van der Waals surface area contributed by atoms with E-state index in [0.29, 0.717) is 12.8 Å². The number of epoxide rings is 2. The maximum Gasteiger partial charge on any atom is 0.306 e. The molecule has 0 aromatic rings. The highest BCUT2D eigenvalue weighted by atomic mass is 16.6. The lowest BCUT2D eigenvalue weighted by molar-refractivity contribution is -0.172. The van der Waals surface area contributed by atoms with Crippen LogP contribution < -0.4 is 0 Å². The lowest BCUT2D eigenvalue weighted by Crippen LogP contribution is -2.55. The number of rotatable bonds is 9. The van der Waals surface area contributed by atoms with E-state index in [0.717, 1.165) is 25.9 Å². The van der Waals surface area contributed by atoms with Gasteiger partial charge in [-0.05, 0) is 60.3 Å². The van der Waals surface area contributed by atoms with Crippen molar-refractivity contribution in [3.63, 3.8) is 0 Å². The summed E-state index contributed by atoms with van der Waals surface area (Å²) in [6.45, 7) is 11.0. The molecule has 0 N–H and O–H groups in total. The first-order valence-corrected chi connectivity index (χ1v) is 10.8. The summed E-state index contributed by atoms with van der Waals surface area (Å²) in [7, 11) is 3.36. The van der Waals surface area contributed by atoms with Crippen molar-refractivity contribution >= 4 is 5.97 Å². The molecular weight excluding hydrogens is 372 g/mol. The topological polar surface area (TPSA) is 69.8 Å². The van der Waals surface area contributed by atoms with Gasteiger partial charge in [0, 0.05) is 20.6 Å². The summed E-state index contributed by atoms with van der Waals surface area (Å²) in [4.78, 5) is 12.5. The summed E-state index contributed by atoms with van der Waals surface area (Å²) < 4.78 is 29.4. The van der Waals surface area contributed by atoms with Crippen molar-refractivity contribution in [1.29, 1.82) is 0 Å². The molecule has 6 atom stereocenters. The molecule has 0 amide bonds. The zero-order valence-corrected chi connectivity index (χ0v) is 19.1. The maximum atomic E-state index is 12.5. The van der Waals surface area contributed by atoms with Crippen LogP contribution in [0.1, 0.15) is 66.7 Å². The Balaban J connectivity index is 1.67. The quantitative estimate of drug-likeness (QED) is 0.327. The van der Waals surface area contributed by atoms with E-state index in [1.54, 1.807) is 14.2 Å². The van der Waals surface area contributed by atoms with E-state index >= 15 is 0 Å². The van der Waals surface area contributed by atoms with Gasteiger partial charge in [0.1, 0.15) is 23.4 Å². The van der Waals surface area contributed by atoms with Crippen LogP contribution >= 0.6 is 0 Å². The number of methoxy groups -OCH3 is 2. The van der Waals surface area contributed by atoms with E-state index in [1.807, 2.05) is 13.8 Å². The molecule has 0 bridgehead atoms. The third-order valence-corrected chi connectivity index (χ3v) is 7.00. The molecule has 0 radical (unpaired) electrons. The Labute approximate surface area is 175 Å². The van der Waals surface area contributed by atoms with Crippen molar-refractivity contribution in [2.24, 2.45) is 5.92 Å². The molecule has 2 heterocycles. The second-order valence-electron chi connectivity index (χ2n) is 9.87. The molecule has 3 fully saturated rings. The molecule has 2 unspecified atom stereocenters. The molecule has 1 aliphatic carbocycles. The van der Waals surface area contributed by atoms with Crippen LogP contribution in [-0.2, 0) is 28.5 Å². The minimum atomic E-state index is -0.339. The maximum absolute atomic E-state index is 12.5. The van der Waals surface area contributed by atoms with Crippen molar-refractivity contribution in [2.45, 2.75) is 102 Å². The SMILES string of the molecule is COC1[C@H](OC(=O)CCC(C)(C)OC)CCC2(CO2)[C@H]1[C@@]1(C)O[C@@H]1CC=C(C)C. The van der Waals surface area contributed by atoms with E-state index in [2.05, 4.69) is 26.8 Å². The average molecular weight is 411 g/mol. The highest BCUT2D eigenvalue weighted by molar-refractivity contribution is 5.69. The zero-order chi connectivity index (χ0) is 21.4. The average Bonchev–Trinajstić information content (AvgIpc) is 3.57. The number of allylic oxidation sites excluding steroid dienone is 1. The Morgan fingerprint density at radius 3 is 2.52 bits per heavy atom. The fourth-order valence-electron chi connectivity index (χ4n) is 4.80. The molecule has 2 saturated heterocycles. The number of ether oxygens (including phenoxy) is 5. The Morgan fingerprint density at radius 2 is 1.97 bits per heavy atom. The van der Waals surface area contributed by atoms with Gasteiger partial charge in [-0.2, -0.15) is 0 Å². The molecule has 29 heavy (non-hydrogen) atoms. The van der Waals surface area contributed by atoms with Crippen LogP contribution in [0.5, 0.6) is 0 Å². The molecule has 1 spiro atoms. The van der Waals surface area contributed by atoms with E-state index < -0.39 is 0 Å². The van der Waals surface area contributed by atoms with Crippen LogP contribution in [0, 0.1) is 5.92 Å².